The van der Waals surface area contributed by atoms with Gasteiger partial charge in [-0.05, 0) is 32.3 Å². The lowest BCUT2D eigenvalue weighted by molar-refractivity contribution is 0.0690. The number of nitrogens with zero attached hydrogens (tertiary/aromatic N) is 1. The number of carboxylic acid groups (broad SMARTS) is 1. The molecule has 0 spiro atoms. The number of carbonyl (C=O) groups is 2. The van der Waals surface area contributed by atoms with Crippen molar-refractivity contribution in [1.29, 1.82) is 0 Å². The number of hydrogen-bond donors (Lipinski definition) is 2. The largest absolute Gasteiger partial charge is 0.477 e. The highest BCUT2D eigenvalue weighted by atomic mass is 16.4. The Labute approximate surface area is 119 Å². The minimum absolute atomic E-state index is 0.0364. The smallest absolute Gasteiger partial charge is 0.352 e. The van der Waals surface area contributed by atoms with Gasteiger partial charge in [0.15, 0.2) is 0 Å². The number of aromatic amines is 1. The van der Waals surface area contributed by atoms with Gasteiger partial charge in [-0.1, -0.05) is 19.3 Å². The van der Waals surface area contributed by atoms with E-state index in [9.17, 15) is 9.59 Å². The minimum atomic E-state index is -1.02. The maximum Gasteiger partial charge on any atom is 0.352 e. The maximum atomic E-state index is 12.7. The molecule has 1 fully saturated rings. The van der Waals surface area contributed by atoms with Gasteiger partial charge >= 0.3 is 5.97 Å². The minimum Gasteiger partial charge on any atom is -0.477 e. The molecule has 0 bridgehead atoms. The van der Waals surface area contributed by atoms with Crippen molar-refractivity contribution in [3.05, 3.63) is 22.5 Å². The number of carboxylic acids is 1. The quantitative estimate of drug-likeness (QED) is 0.873. The summed E-state index contributed by atoms with van der Waals surface area (Å²) in [5, 5.41) is 9.12. The van der Waals surface area contributed by atoms with Gasteiger partial charge in [-0.3, -0.25) is 4.79 Å². The zero-order valence-electron chi connectivity index (χ0n) is 12.2. The Balaban J connectivity index is 2.25. The summed E-state index contributed by atoms with van der Waals surface area (Å²) in [4.78, 5) is 28.5. The molecule has 5 nitrogen and oxygen atoms in total. The Morgan fingerprint density at radius 3 is 2.10 bits per heavy atom. The number of aryl methyl sites for hydroxylation is 1. The van der Waals surface area contributed by atoms with Gasteiger partial charge in [0, 0.05) is 18.8 Å². The normalized spacial score (nSPS) is 16.6. The average Bonchev–Trinajstić information content (AvgIpc) is 2.64. The van der Waals surface area contributed by atoms with Crippen LogP contribution in [0.25, 0.3) is 0 Å². The van der Waals surface area contributed by atoms with Crippen molar-refractivity contribution in [3.63, 3.8) is 0 Å². The second-order valence-electron chi connectivity index (χ2n) is 5.49. The van der Waals surface area contributed by atoms with E-state index in [4.69, 9.17) is 5.11 Å². The summed E-state index contributed by atoms with van der Waals surface area (Å²) in [5.74, 6) is -1.05. The SMILES string of the molecule is Cc1[nH]c(C(=O)O)c(C)c1C(=O)N1CCCCCCC1. The van der Waals surface area contributed by atoms with E-state index in [0.717, 1.165) is 38.8 Å². The Kier molecular flexibility index (Phi) is 4.47. The fourth-order valence-corrected chi connectivity index (χ4v) is 2.89. The van der Waals surface area contributed by atoms with E-state index in [1.54, 1.807) is 13.8 Å². The molecule has 2 heterocycles. The van der Waals surface area contributed by atoms with Crippen molar-refractivity contribution in [2.24, 2.45) is 0 Å². The van der Waals surface area contributed by atoms with Gasteiger partial charge in [0.25, 0.3) is 5.91 Å². The third-order valence-corrected chi connectivity index (χ3v) is 4.01. The van der Waals surface area contributed by atoms with Crippen molar-refractivity contribution in [1.82, 2.24) is 9.88 Å². The van der Waals surface area contributed by atoms with E-state index >= 15 is 0 Å². The number of aromatic nitrogens is 1. The number of likely N-dealkylation sites (tertiary alicyclic amines) is 1. The van der Waals surface area contributed by atoms with Crippen LogP contribution in [0.4, 0.5) is 0 Å². The van der Waals surface area contributed by atoms with Gasteiger partial charge in [0.1, 0.15) is 5.69 Å². The molecule has 1 aromatic rings. The van der Waals surface area contributed by atoms with E-state index in [1.165, 1.54) is 6.42 Å². The Morgan fingerprint density at radius 1 is 1.05 bits per heavy atom. The molecule has 1 saturated heterocycles. The molecule has 0 saturated carbocycles. The zero-order valence-corrected chi connectivity index (χ0v) is 12.2. The average molecular weight is 278 g/mol. The molecule has 0 radical (unpaired) electrons. The molecule has 1 amide bonds. The standard InChI is InChI=1S/C15H22N2O3/c1-10-12(11(2)16-13(10)15(19)20)14(18)17-8-6-4-3-5-7-9-17/h16H,3-9H2,1-2H3,(H,19,20). The number of hydrogen-bond acceptors (Lipinski definition) is 2. The second-order valence-corrected chi connectivity index (χ2v) is 5.49. The van der Waals surface area contributed by atoms with Crippen molar-refractivity contribution in [2.75, 3.05) is 13.1 Å². The number of amides is 1. The first kappa shape index (κ1) is 14.6. The monoisotopic (exact) mass is 278 g/mol. The molecule has 0 aliphatic carbocycles. The molecule has 0 aromatic carbocycles. The van der Waals surface area contributed by atoms with Crippen molar-refractivity contribution < 1.29 is 14.7 Å². The summed E-state index contributed by atoms with van der Waals surface area (Å²) in [6.07, 6.45) is 5.62. The molecule has 2 N–H and O–H groups in total. The van der Waals surface area contributed by atoms with Gasteiger partial charge in [-0.2, -0.15) is 0 Å². The van der Waals surface area contributed by atoms with Crippen LogP contribution in [0.3, 0.4) is 0 Å². The number of rotatable bonds is 2. The van der Waals surface area contributed by atoms with Crippen LogP contribution in [0, 0.1) is 13.8 Å². The van der Waals surface area contributed by atoms with E-state index in [1.807, 2.05) is 4.90 Å². The molecule has 1 aliphatic rings. The highest BCUT2D eigenvalue weighted by Crippen LogP contribution is 2.21. The molecule has 2 rings (SSSR count). The van der Waals surface area contributed by atoms with Crippen LogP contribution >= 0.6 is 0 Å². The highest BCUT2D eigenvalue weighted by Gasteiger charge is 2.25. The molecule has 0 unspecified atom stereocenters. The van der Waals surface area contributed by atoms with Crippen LogP contribution in [-0.2, 0) is 0 Å². The van der Waals surface area contributed by atoms with Crippen LogP contribution in [0.1, 0.15) is 64.2 Å². The van der Waals surface area contributed by atoms with Crippen LogP contribution < -0.4 is 0 Å². The summed E-state index contributed by atoms with van der Waals surface area (Å²) in [6, 6.07) is 0. The van der Waals surface area contributed by atoms with Gasteiger partial charge < -0.3 is 15.0 Å². The molecule has 20 heavy (non-hydrogen) atoms. The fourth-order valence-electron chi connectivity index (χ4n) is 2.89. The lowest BCUT2D eigenvalue weighted by atomic mass is 10.1. The van der Waals surface area contributed by atoms with Crippen LogP contribution in [0.5, 0.6) is 0 Å². The van der Waals surface area contributed by atoms with Crippen molar-refractivity contribution >= 4 is 11.9 Å². The Hall–Kier alpha value is -1.78. The van der Waals surface area contributed by atoms with Crippen LogP contribution in [-0.4, -0.2) is 40.0 Å². The first-order valence-electron chi connectivity index (χ1n) is 7.24. The molecule has 110 valence electrons. The van der Waals surface area contributed by atoms with Crippen molar-refractivity contribution in [3.8, 4) is 0 Å². The first-order valence-corrected chi connectivity index (χ1v) is 7.24. The molecular formula is C15H22N2O3. The van der Waals surface area contributed by atoms with Gasteiger partial charge in [0.05, 0.1) is 5.56 Å². The highest BCUT2D eigenvalue weighted by molar-refractivity contribution is 6.00. The lowest BCUT2D eigenvalue weighted by Gasteiger charge is -2.25. The second kappa shape index (κ2) is 6.11. The zero-order chi connectivity index (χ0) is 14.7. The summed E-state index contributed by atoms with van der Waals surface area (Å²) in [6.45, 7) is 5.00. The van der Waals surface area contributed by atoms with Crippen molar-refractivity contribution in [2.45, 2.75) is 46.0 Å². The summed E-state index contributed by atoms with van der Waals surface area (Å²) in [7, 11) is 0. The lowest BCUT2D eigenvalue weighted by Crippen LogP contribution is -2.34. The summed E-state index contributed by atoms with van der Waals surface area (Å²) in [5.41, 5.74) is 1.84. The summed E-state index contributed by atoms with van der Waals surface area (Å²) < 4.78 is 0. The fraction of sp³-hybridized carbons (Fsp3) is 0.600. The maximum absolute atomic E-state index is 12.7. The van der Waals surface area contributed by atoms with Gasteiger partial charge in [0.2, 0.25) is 0 Å². The predicted molar refractivity (Wildman–Crippen MR) is 76.2 cm³/mol. The topological polar surface area (TPSA) is 73.4 Å². The van der Waals surface area contributed by atoms with Gasteiger partial charge in [-0.25, -0.2) is 4.79 Å². The van der Waals surface area contributed by atoms with E-state index in [-0.39, 0.29) is 11.6 Å². The Bertz CT molecular complexity index is 511. The molecule has 0 atom stereocenters. The Morgan fingerprint density at radius 2 is 1.60 bits per heavy atom. The molecule has 1 aromatic heterocycles. The van der Waals surface area contributed by atoms with Gasteiger partial charge in [-0.15, -0.1) is 0 Å². The van der Waals surface area contributed by atoms with Crippen LogP contribution in [0.15, 0.2) is 0 Å². The predicted octanol–water partition coefficient (Wildman–Crippen LogP) is 2.74. The number of aromatic carboxylic acids is 1. The summed E-state index contributed by atoms with van der Waals surface area (Å²) >= 11 is 0. The third-order valence-electron chi connectivity index (χ3n) is 4.01. The number of nitrogens with one attached hydrogen (secondary N) is 1. The number of H-pyrrole nitrogens is 1. The van der Waals surface area contributed by atoms with E-state index in [0.29, 0.717) is 16.8 Å². The first-order chi connectivity index (χ1) is 9.52. The molecule has 5 heteroatoms. The molecule has 1 aliphatic heterocycles. The van der Waals surface area contributed by atoms with E-state index in [2.05, 4.69) is 4.98 Å². The third kappa shape index (κ3) is 2.86. The molecular weight excluding hydrogens is 256 g/mol. The van der Waals surface area contributed by atoms with E-state index < -0.39 is 5.97 Å². The van der Waals surface area contributed by atoms with Crippen LogP contribution in [0.2, 0.25) is 0 Å². The number of carbonyl (C=O) groups excluding carboxylic acids is 1.